The Kier molecular flexibility index (Phi) is 6.27. The molecule has 0 bridgehead atoms. The summed E-state index contributed by atoms with van der Waals surface area (Å²) in [5, 5.41) is 13.7. The number of hydrogen-bond acceptors (Lipinski definition) is 6. The Labute approximate surface area is 176 Å². The molecule has 146 valence electrons. The van der Waals surface area contributed by atoms with E-state index in [0.29, 0.717) is 22.5 Å². The smallest absolute Gasteiger partial charge is 0.340 e. The average molecular weight is 426 g/mol. The Bertz CT molecular complexity index is 1110. The summed E-state index contributed by atoms with van der Waals surface area (Å²) >= 11 is 7.52. The Balaban J connectivity index is 1.66. The second kappa shape index (κ2) is 8.86. The Morgan fingerprint density at radius 1 is 1.28 bits per heavy atom. The zero-order chi connectivity index (χ0) is 21.0. The lowest BCUT2D eigenvalue weighted by molar-refractivity contribution is -0.123. The summed E-state index contributed by atoms with van der Waals surface area (Å²) < 4.78 is 5.28. The van der Waals surface area contributed by atoms with Crippen molar-refractivity contribution in [1.29, 1.82) is 5.26 Å². The van der Waals surface area contributed by atoms with Gasteiger partial charge in [-0.2, -0.15) is 5.26 Å². The van der Waals surface area contributed by atoms with Crippen molar-refractivity contribution in [1.82, 2.24) is 4.98 Å². The first-order valence-corrected chi connectivity index (χ1v) is 9.88. The quantitative estimate of drug-likeness (QED) is 0.591. The molecule has 1 N–H and O–H groups in total. The van der Waals surface area contributed by atoms with E-state index >= 15 is 0 Å². The summed E-state index contributed by atoms with van der Waals surface area (Å²) in [6.45, 7) is 3.19. The summed E-state index contributed by atoms with van der Waals surface area (Å²) in [6, 6.07) is 13.7. The molecule has 2 aromatic heterocycles. The fourth-order valence-electron chi connectivity index (χ4n) is 2.54. The normalized spacial score (nSPS) is 11.4. The first-order valence-electron chi connectivity index (χ1n) is 8.62. The zero-order valence-corrected chi connectivity index (χ0v) is 17.2. The van der Waals surface area contributed by atoms with Gasteiger partial charge < -0.3 is 10.1 Å². The summed E-state index contributed by atoms with van der Waals surface area (Å²) in [6.07, 6.45) is -1.03. The van der Waals surface area contributed by atoms with Gasteiger partial charge in [-0.25, -0.2) is 4.79 Å². The Morgan fingerprint density at radius 3 is 2.69 bits per heavy atom. The molecule has 6 nitrogen and oxygen atoms in total. The van der Waals surface area contributed by atoms with Crippen LogP contribution < -0.4 is 5.32 Å². The van der Waals surface area contributed by atoms with Crippen molar-refractivity contribution >= 4 is 40.5 Å². The van der Waals surface area contributed by atoms with E-state index in [-0.39, 0.29) is 5.02 Å². The van der Waals surface area contributed by atoms with E-state index in [1.54, 1.807) is 36.5 Å². The number of nitrogens with one attached hydrogen (secondary N) is 1. The second-order valence-electron chi connectivity index (χ2n) is 6.15. The number of aromatic nitrogens is 1. The van der Waals surface area contributed by atoms with Crippen molar-refractivity contribution in [2.45, 2.75) is 20.0 Å². The first-order chi connectivity index (χ1) is 13.9. The number of benzene rings is 1. The van der Waals surface area contributed by atoms with E-state index in [4.69, 9.17) is 21.6 Å². The van der Waals surface area contributed by atoms with Gasteiger partial charge >= 0.3 is 5.97 Å². The molecule has 0 spiro atoms. The van der Waals surface area contributed by atoms with Gasteiger partial charge in [-0.3, -0.25) is 9.78 Å². The molecule has 8 heteroatoms. The Hall–Kier alpha value is -3.21. The van der Waals surface area contributed by atoms with E-state index < -0.39 is 18.0 Å². The minimum absolute atomic E-state index is 0.225. The van der Waals surface area contributed by atoms with E-state index in [1.807, 2.05) is 23.6 Å². The number of nitrogens with zero attached hydrogens (tertiary/aromatic N) is 2. The molecule has 0 aliphatic heterocycles. The fourth-order valence-corrected chi connectivity index (χ4v) is 3.46. The lowest BCUT2D eigenvalue weighted by atomic mass is 10.1. The first kappa shape index (κ1) is 20.5. The van der Waals surface area contributed by atoms with Crippen LogP contribution in [0.2, 0.25) is 5.02 Å². The van der Waals surface area contributed by atoms with Gasteiger partial charge in [0.05, 0.1) is 32.4 Å². The van der Waals surface area contributed by atoms with Crippen molar-refractivity contribution < 1.29 is 14.3 Å². The van der Waals surface area contributed by atoms with Crippen LogP contribution in [-0.4, -0.2) is 23.0 Å². The molecule has 0 aliphatic carbocycles. The number of halogens is 1. The molecule has 0 saturated carbocycles. The molecule has 2 heterocycles. The fraction of sp³-hybridized carbons (Fsp3) is 0.143. The van der Waals surface area contributed by atoms with Crippen LogP contribution in [0.25, 0.3) is 10.6 Å². The maximum Gasteiger partial charge on any atom is 0.340 e. The third-order valence-corrected chi connectivity index (χ3v) is 5.29. The van der Waals surface area contributed by atoms with Gasteiger partial charge in [0.15, 0.2) is 6.10 Å². The second-order valence-corrected chi connectivity index (χ2v) is 7.50. The van der Waals surface area contributed by atoms with E-state index in [1.165, 1.54) is 19.1 Å². The lowest BCUT2D eigenvalue weighted by Crippen LogP contribution is -2.30. The van der Waals surface area contributed by atoms with Crippen LogP contribution in [0.5, 0.6) is 0 Å². The summed E-state index contributed by atoms with van der Waals surface area (Å²) in [5.41, 5.74) is 2.30. The molecule has 29 heavy (non-hydrogen) atoms. The molecule has 1 unspecified atom stereocenters. The van der Waals surface area contributed by atoms with E-state index in [0.717, 1.165) is 10.6 Å². The minimum Gasteiger partial charge on any atom is -0.449 e. The Morgan fingerprint density at radius 2 is 2.07 bits per heavy atom. The maximum atomic E-state index is 12.5. The minimum atomic E-state index is -1.03. The third kappa shape index (κ3) is 4.80. The molecule has 1 amide bonds. The highest BCUT2D eigenvalue weighted by Crippen LogP contribution is 2.24. The maximum absolute atomic E-state index is 12.5. The van der Waals surface area contributed by atoms with Crippen LogP contribution in [0, 0.1) is 18.3 Å². The number of aryl methyl sites for hydroxylation is 1. The van der Waals surface area contributed by atoms with Crippen molar-refractivity contribution in [3.63, 3.8) is 0 Å². The number of nitriles is 1. The molecule has 0 fully saturated rings. The van der Waals surface area contributed by atoms with Crippen LogP contribution in [0.4, 0.5) is 5.69 Å². The SMILES string of the molecule is Cc1nc(-c2cccs2)ccc1C(=O)OC(C)C(=O)Nc1ccc(C#N)c(Cl)c1. The van der Waals surface area contributed by atoms with Gasteiger partial charge in [-0.15, -0.1) is 11.3 Å². The highest BCUT2D eigenvalue weighted by atomic mass is 35.5. The van der Waals surface area contributed by atoms with Crippen LogP contribution in [0.15, 0.2) is 47.8 Å². The predicted octanol–water partition coefficient (Wildman–Crippen LogP) is 4.83. The predicted molar refractivity (Wildman–Crippen MR) is 112 cm³/mol. The molecular weight excluding hydrogens is 410 g/mol. The number of rotatable bonds is 5. The number of thiophene rings is 1. The van der Waals surface area contributed by atoms with Gasteiger partial charge in [0.2, 0.25) is 0 Å². The van der Waals surface area contributed by atoms with Gasteiger partial charge in [0.1, 0.15) is 6.07 Å². The van der Waals surface area contributed by atoms with Crippen molar-refractivity contribution in [2.24, 2.45) is 0 Å². The van der Waals surface area contributed by atoms with E-state index in [2.05, 4.69) is 10.3 Å². The van der Waals surface area contributed by atoms with Gasteiger partial charge in [0.25, 0.3) is 5.91 Å². The van der Waals surface area contributed by atoms with Gasteiger partial charge in [0, 0.05) is 5.69 Å². The van der Waals surface area contributed by atoms with Crippen LogP contribution in [0.3, 0.4) is 0 Å². The van der Waals surface area contributed by atoms with Crippen molar-refractivity contribution in [3.05, 3.63) is 69.7 Å². The molecule has 1 atom stereocenters. The van der Waals surface area contributed by atoms with Crippen LogP contribution in [0.1, 0.15) is 28.5 Å². The molecule has 0 aliphatic rings. The highest BCUT2D eigenvalue weighted by molar-refractivity contribution is 7.13. The molecule has 1 aromatic carbocycles. The number of hydrogen-bond donors (Lipinski definition) is 1. The summed E-state index contributed by atoms with van der Waals surface area (Å²) in [4.78, 5) is 30.3. The number of anilines is 1. The van der Waals surface area contributed by atoms with Crippen molar-refractivity contribution in [2.75, 3.05) is 5.32 Å². The lowest BCUT2D eigenvalue weighted by Gasteiger charge is -2.14. The van der Waals surface area contributed by atoms with Gasteiger partial charge in [-0.05, 0) is 55.6 Å². The molecule has 3 rings (SSSR count). The molecule has 0 saturated heterocycles. The number of carbonyl (C=O) groups is 2. The number of amides is 1. The van der Waals surface area contributed by atoms with Crippen molar-refractivity contribution in [3.8, 4) is 16.6 Å². The standard InChI is InChI=1S/C21H16ClN3O3S/c1-12-16(7-8-18(24-12)19-4-3-9-29-19)21(27)28-13(2)20(26)25-15-6-5-14(11-23)17(22)10-15/h3-10,13H,1-2H3,(H,25,26). The highest BCUT2D eigenvalue weighted by Gasteiger charge is 2.21. The molecular formula is C21H16ClN3O3S. The summed E-state index contributed by atoms with van der Waals surface area (Å²) in [5.74, 6) is -1.15. The van der Waals surface area contributed by atoms with Gasteiger partial charge in [-0.1, -0.05) is 17.7 Å². The largest absolute Gasteiger partial charge is 0.449 e. The number of esters is 1. The third-order valence-electron chi connectivity index (χ3n) is 4.09. The monoisotopic (exact) mass is 425 g/mol. The number of carbonyl (C=O) groups excluding carboxylic acids is 2. The zero-order valence-electron chi connectivity index (χ0n) is 15.6. The van der Waals surface area contributed by atoms with Crippen LogP contribution >= 0.6 is 22.9 Å². The molecule has 3 aromatic rings. The van der Waals surface area contributed by atoms with Crippen LogP contribution in [-0.2, 0) is 9.53 Å². The summed E-state index contributed by atoms with van der Waals surface area (Å²) in [7, 11) is 0. The number of pyridine rings is 1. The molecule has 0 radical (unpaired) electrons. The average Bonchev–Trinajstić information content (AvgIpc) is 3.22. The number of ether oxygens (including phenoxy) is 1. The van der Waals surface area contributed by atoms with E-state index in [9.17, 15) is 9.59 Å². The topological polar surface area (TPSA) is 92.1 Å².